The molecule has 0 aliphatic heterocycles. The highest BCUT2D eigenvalue weighted by atomic mass is 16.6. The predicted octanol–water partition coefficient (Wildman–Crippen LogP) is 3.07. The van der Waals surface area contributed by atoms with Crippen LogP contribution in [0.25, 0.3) is 10.9 Å². The number of hydrogen-bond acceptors (Lipinski definition) is 7. The van der Waals surface area contributed by atoms with E-state index in [2.05, 4.69) is 10.1 Å². The van der Waals surface area contributed by atoms with Gasteiger partial charge in [0.15, 0.2) is 11.5 Å². The third-order valence-electron chi connectivity index (χ3n) is 4.84. The second-order valence-electron chi connectivity index (χ2n) is 6.96. The van der Waals surface area contributed by atoms with Gasteiger partial charge in [-0.2, -0.15) is 5.10 Å². The largest absolute Gasteiger partial charge is 0.493 e. The second kappa shape index (κ2) is 9.18. The van der Waals surface area contributed by atoms with Gasteiger partial charge in [0, 0.05) is 12.1 Å². The lowest BCUT2D eigenvalue weighted by Gasteiger charge is -2.11. The summed E-state index contributed by atoms with van der Waals surface area (Å²) in [5, 5.41) is 15.1. The lowest BCUT2D eigenvalue weighted by Crippen LogP contribution is -2.32. The van der Waals surface area contributed by atoms with Gasteiger partial charge in [-0.3, -0.25) is 14.9 Å². The van der Waals surface area contributed by atoms with Gasteiger partial charge in [0.1, 0.15) is 6.61 Å². The normalized spacial score (nSPS) is 11.1. The maximum Gasteiger partial charge on any atom is 0.349 e. The number of rotatable bonds is 7. The summed E-state index contributed by atoms with van der Waals surface area (Å²) in [5.74, 6) is 0.870. The molecule has 0 spiro atoms. The quantitative estimate of drug-likeness (QED) is 0.264. The number of aromatic nitrogens is 2. The molecule has 0 saturated carbocycles. The molecule has 0 saturated heterocycles. The van der Waals surface area contributed by atoms with Crippen molar-refractivity contribution in [3.8, 4) is 11.5 Å². The Bertz CT molecular complexity index is 1470. The summed E-state index contributed by atoms with van der Waals surface area (Å²) in [6.07, 6.45) is 1.37. The Morgan fingerprint density at radius 3 is 2.55 bits per heavy atom. The van der Waals surface area contributed by atoms with E-state index in [1.807, 2.05) is 0 Å². The standard InChI is InChI=1S/C23H18N4O6/c1-32-21-12-16(8-11-20(21)33-14-15-6-9-17(10-7-15)27(30)31)13-24-26-22(28)18-4-2-3-5-19(18)25-23(26)29/h2-13H,14H2,1H3,(H,25,29). The fraction of sp³-hybridized carbons (Fsp3) is 0.0870. The number of methoxy groups -OCH3 is 1. The third kappa shape index (κ3) is 4.64. The maximum atomic E-state index is 12.6. The molecule has 0 amide bonds. The molecule has 1 aromatic heterocycles. The Morgan fingerprint density at radius 1 is 1.06 bits per heavy atom. The fourth-order valence-corrected chi connectivity index (χ4v) is 3.14. The summed E-state index contributed by atoms with van der Waals surface area (Å²) in [4.78, 5) is 37.7. The van der Waals surface area contributed by atoms with Gasteiger partial charge in [0.2, 0.25) is 0 Å². The van der Waals surface area contributed by atoms with Crippen LogP contribution < -0.4 is 20.7 Å². The zero-order valence-corrected chi connectivity index (χ0v) is 17.4. The minimum absolute atomic E-state index is 0.00401. The number of fused-ring (bicyclic) bond motifs is 1. The fourth-order valence-electron chi connectivity index (χ4n) is 3.14. The molecule has 0 aliphatic carbocycles. The van der Waals surface area contributed by atoms with Crippen LogP contribution in [0.1, 0.15) is 11.1 Å². The van der Waals surface area contributed by atoms with E-state index in [-0.39, 0.29) is 12.3 Å². The molecule has 1 heterocycles. The summed E-state index contributed by atoms with van der Waals surface area (Å²) in [7, 11) is 1.48. The van der Waals surface area contributed by atoms with Crippen LogP contribution in [0.2, 0.25) is 0 Å². The molecule has 3 aromatic carbocycles. The molecular formula is C23H18N4O6. The van der Waals surface area contributed by atoms with Crippen molar-refractivity contribution >= 4 is 22.8 Å². The number of para-hydroxylation sites is 1. The van der Waals surface area contributed by atoms with Gasteiger partial charge in [-0.05, 0) is 53.6 Å². The van der Waals surface area contributed by atoms with Crippen LogP contribution in [0.5, 0.6) is 11.5 Å². The smallest absolute Gasteiger partial charge is 0.349 e. The van der Waals surface area contributed by atoms with Gasteiger partial charge in [-0.15, -0.1) is 4.68 Å². The highest BCUT2D eigenvalue weighted by Crippen LogP contribution is 2.28. The molecule has 4 aromatic rings. The first-order chi connectivity index (χ1) is 16.0. The van der Waals surface area contributed by atoms with Gasteiger partial charge in [0.25, 0.3) is 11.2 Å². The highest BCUT2D eigenvalue weighted by Gasteiger charge is 2.09. The van der Waals surface area contributed by atoms with Gasteiger partial charge in [0.05, 0.1) is 29.2 Å². The minimum atomic E-state index is -0.648. The van der Waals surface area contributed by atoms with E-state index < -0.39 is 16.2 Å². The third-order valence-corrected chi connectivity index (χ3v) is 4.84. The maximum absolute atomic E-state index is 12.6. The molecule has 0 fully saturated rings. The van der Waals surface area contributed by atoms with E-state index in [1.165, 1.54) is 25.5 Å². The minimum Gasteiger partial charge on any atom is -0.493 e. The van der Waals surface area contributed by atoms with E-state index >= 15 is 0 Å². The number of aromatic amines is 1. The van der Waals surface area contributed by atoms with Crippen LogP contribution in [-0.4, -0.2) is 27.9 Å². The average molecular weight is 446 g/mol. The molecule has 0 radical (unpaired) electrons. The van der Waals surface area contributed by atoms with Crippen molar-refractivity contribution in [1.29, 1.82) is 0 Å². The van der Waals surface area contributed by atoms with Crippen molar-refractivity contribution < 1.29 is 14.4 Å². The van der Waals surface area contributed by atoms with Crippen molar-refractivity contribution in [3.05, 3.63) is 109 Å². The number of nitro groups is 1. The number of hydrogen-bond donors (Lipinski definition) is 1. The Kier molecular flexibility index (Phi) is 5.98. The first-order valence-corrected chi connectivity index (χ1v) is 9.79. The van der Waals surface area contributed by atoms with Gasteiger partial charge >= 0.3 is 5.69 Å². The van der Waals surface area contributed by atoms with E-state index in [0.717, 1.165) is 10.2 Å². The van der Waals surface area contributed by atoms with Crippen molar-refractivity contribution in [1.82, 2.24) is 9.66 Å². The monoisotopic (exact) mass is 446 g/mol. The lowest BCUT2D eigenvalue weighted by molar-refractivity contribution is -0.384. The molecule has 10 heteroatoms. The number of nitro benzene ring substituents is 1. The molecule has 1 N–H and O–H groups in total. The zero-order chi connectivity index (χ0) is 23.4. The highest BCUT2D eigenvalue weighted by molar-refractivity contribution is 5.81. The summed E-state index contributed by atoms with van der Waals surface area (Å²) in [6.45, 7) is 0.184. The number of non-ortho nitro benzene ring substituents is 1. The SMILES string of the molecule is COc1cc(C=Nn2c(=O)[nH]c3ccccc3c2=O)ccc1OCc1ccc([N+](=O)[O-])cc1. The Hall–Kier alpha value is -4.73. The molecule has 0 atom stereocenters. The number of H-pyrrole nitrogens is 1. The molecular weight excluding hydrogens is 428 g/mol. The molecule has 166 valence electrons. The number of benzene rings is 3. The van der Waals surface area contributed by atoms with Crippen LogP contribution in [0, 0.1) is 10.1 Å². The average Bonchev–Trinajstić information content (AvgIpc) is 2.83. The van der Waals surface area contributed by atoms with Crippen molar-refractivity contribution in [2.75, 3.05) is 7.11 Å². The summed E-state index contributed by atoms with van der Waals surface area (Å²) < 4.78 is 11.9. The summed E-state index contributed by atoms with van der Waals surface area (Å²) in [5.41, 5.74) is 0.599. The van der Waals surface area contributed by atoms with Gasteiger partial charge in [-0.25, -0.2) is 4.79 Å². The first kappa shape index (κ1) is 21.5. The van der Waals surface area contributed by atoms with Crippen LogP contribution >= 0.6 is 0 Å². The van der Waals surface area contributed by atoms with E-state index in [4.69, 9.17) is 9.47 Å². The Labute approximate surface area is 186 Å². The second-order valence-corrected chi connectivity index (χ2v) is 6.96. The molecule has 33 heavy (non-hydrogen) atoms. The van der Waals surface area contributed by atoms with Gasteiger partial charge in [-0.1, -0.05) is 12.1 Å². The van der Waals surface area contributed by atoms with Crippen molar-refractivity contribution in [2.45, 2.75) is 6.61 Å². The number of nitrogens with one attached hydrogen (secondary N) is 1. The van der Waals surface area contributed by atoms with E-state index in [9.17, 15) is 19.7 Å². The molecule has 0 unspecified atom stereocenters. The lowest BCUT2D eigenvalue weighted by atomic mass is 10.2. The molecule has 10 nitrogen and oxygen atoms in total. The predicted molar refractivity (Wildman–Crippen MR) is 122 cm³/mol. The Balaban J connectivity index is 1.54. The van der Waals surface area contributed by atoms with E-state index in [0.29, 0.717) is 28.0 Å². The van der Waals surface area contributed by atoms with E-state index in [1.54, 1.807) is 54.6 Å². The topological polar surface area (TPSA) is 129 Å². The van der Waals surface area contributed by atoms with Crippen LogP contribution in [0.15, 0.2) is 81.4 Å². The van der Waals surface area contributed by atoms with Gasteiger partial charge < -0.3 is 14.5 Å². The molecule has 4 rings (SSSR count). The number of ether oxygens (including phenoxy) is 2. The zero-order valence-electron chi connectivity index (χ0n) is 17.4. The van der Waals surface area contributed by atoms with Crippen LogP contribution in [0.4, 0.5) is 5.69 Å². The Morgan fingerprint density at radius 2 is 1.82 bits per heavy atom. The van der Waals surface area contributed by atoms with Crippen molar-refractivity contribution in [3.63, 3.8) is 0 Å². The molecule has 0 aliphatic rings. The van der Waals surface area contributed by atoms with Crippen LogP contribution in [0.3, 0.4) is 0 Å². The number of nitrogens with zero attached hydrogens (tertiary/aromatic N) is 3. The van der Waals surface area contributed by atoms with Crippen LogP contribution in [-0.2, 0) is 6.61 Å². The van der Waals surface area contributed by atoms with Crippen molar-refractivity contribution in [2.24, 2.45) is 5.10 Å². The first-order valence-electron chi connectivity index (χ1n) is 9.79. The molecule has 0 bridgehead atoms. The summed E-state index contributed by atoms with van der Waals surface area (Å²) >= 11 is 0. The summed E-state index contributed by atoms with van der Waals surface area (Å²) in [6, 6.07) is 17.7.